The van der Waals surface area contributed by atoms with Gasteiger partial charge >= 0.3 is 0 Å². The third-order valence-electron chi connectivity index (χ3n) is 2.92. The average molecular weight is 166 g/mol. The van der Waals surface area contributed by atoms with Crippen LogP contribution in [0.1, 0.15) is 20.8 Å². The SMILES string of the molecule is C=CC1(O)C(=O)C(C)=C(C)C1C. The molecule has 0 bridgehead atoms. The highest BCUT2D eigenvalue weighted by molar-refractivity contribution is 6.06. The number of aliphatic hydroxyl groups is 1. The Labute approximate surface area is 72.6 Å². The van der Waals surface area contributed by atoms with E-state index in [9.17, 15) is 9.90 Å². The monoisotopic (exact) mass is 166 g/mol. The van der Waals surface area contributed by atoms with E-state index in [2.05, 4.69) is 6.58 Å². The average Bonchev–Trinajstić information content (AvgIpc) is 2.22. The van der Waals surface area contributed by atoms with Gasteiger partial charge in [-0.25, -0.2) is 0 Å². The molecule has 12 heavy (non-hydrogen) atoms. The fourth-order valence-electron chi connectivity index (χ4n) is 1.60. The fourth-order valence-corrected chi connectivity index (χ4v) is 1.60. The van der Waals surface area contributed by atoms with Crippen LogP contribution in [0.3, 0.4) is 0 Å². The van der Waals surface area contributed by atoms with E-state index in [1.807, 2.05) is 13.8 Å². The van der Waals surface area contributed by atoms with E-state index in [1.54, 1.807) is 6.92 Å². The molecule has 1 N–H and O–H groups in total. The number of Topliss-reactive ketones (excluding diaryl/α,β-unsaturated/α-hetero) is 1. The number of rotatable bonds is 1. The molecule has 2 nitrogen and oxygen atoms in total. The minimum Gasteiger partial charge on any atom is -0.377 e. The first kappa shape index (κ1) is 9.20. The van der Waals surface area contributed by atoms with Gasteiger partial charge in [-0.05, 0) is 19.4 Å². The molecule has 0 aliphatic heterocycles. The summed E-state index contributed by atoms with van der Waals surface area (Å²) < 4.78 is 0. The van der Waals surface area contributed by atoms with Gasteiger partial charge in [-0.2, -0.15) is 0 Å². The van der Waals surface area contributed by atoms with Crippen LogP contribution in [0.25, 0.3) is 0 Å². The maximum absolute atomic E-state index is 11.5. The molecule has 0 radical (unpaired) electrons. The van der Waals surface area contributed by atoms with Crippen molar-refractivity contribution in [3.05, 3.63) is 23.8 Å². The summed E-state index contributed by atoms with van der Waals surface area (Å²) in [5.74, 6) is -0.343. The number of ketones is 1. The van der Waals surface area contributed by atoms with Crippen LogP contribution >= 0.6 is 0 Å². The van der Waals surface area contributed by atoms with E-state index in [0.29, 0.717) is 5.57 Å². The van der Waals surface area contributed by atoms with Crippen molar-refractivity contribution in [1.82, 2.24) is 0 Å². The molecule has 0 fully saturated rings. The highest BCUT2D eigenvalue weighted by Crippen LogP contribution is 2.37. The minimum atomic E-state index is -1.35. The molecule has 0 aromatic rings. The molecule has 66 valence electrons. The Hall–Kier alpha value is -0.890. The highest BCUT2D eigenvalue weighted by atomic mass is 16.3. The molecule has 1 aliphatic carbocycles. The first-order chi connectivity index (χ1) is 5.45. The summed E-state index contributed by atoms with van der Waals surface area (Å²) in [5.41, 5.74) is 0.279. The molecule has 0 saturated heterocycles. The van der Waals surface area contributed by atoms with Crippen LogP contribution in [0.15, 0.2) is 23.8 Å². The van der Waals surface area contributed by atoms with Gasteiger partial charge in [0, 0.05) is 5.92 Å². The van der Waals surface area contributed by atoms with Crippen molar-refractivity contribution in [3.63, 3.8) is 0 Å². The summed E-state index contributed by atoms with van der Waals surface area (Å²) >= 11 is 0. The summed E-state index contributed by atoms with van der Waals surface area (Å²) in [6.07, 6.45) is 1.33. The molecule has 2 heteroatoms. The standard InChI is InChI=1S/C10H14O2/c1-5-10(12)8(4)6(2)7(3)9(10)11/h5,8,12H,1H2,2-4H3. The molecule has 0 heterocycles. The number of carbonyl (C=O) groups excluding carboxylic acids is 1. The van der Waals surface area contributed by atoms with Crippen LogP contribution in [0.2, 0.25) is 0 Å². The van der Waals surface area contributed by atoms with Gasteiger partial charge in [0.25, 0.3) is 0 Å². The Morgan fingerprint density at radius 1 is 1.58 bits per heavy atom. The van der Waals surface area contributed by atoms with E-state index in [0.717, 1.165) is 5.57 Å². The molecule has 2 unspecified atom stereocenters. The molecule has 0 aromatic carbocycles. The lowest BCUT2D eigenvalue weighted by molar-refractivity contribution is -0.129. The van der Waals surface area contributed by atoms with Gasteiger partial charge in [0.1, 0.15) is 0 Å². The van der Waals surface area contributed by atoms with E-state index in [-0.39, 0.29) is 11.7 Å². The first-order valence-electron chi connectivity index (χ1n) is 4.03. The van der Waals surface area contributed by atoms with E-state index >= 15 is 0 Å². The highest BCUT2D eigenvalue weighted by Gasteiger charge is 2.45. The molecule has 0 amide bonds. The first-order valence-corrected chi connectivity index (χ1v) is 4.03. The predicted molar refractivity (Wildman–Crippen MR) is 47.7 cm³/mol. The molecule has 0 aromatic heterocycles. The summed E-state index contributed by atoms with van der Waals surface area (Å²) in [6.45, 7) is 8.95. The second-order valence-corrected chi connectivity index (χ2v) is 3.39. The minimum absolute atomic E-state index is 0.137. The summed E-state index contributed by atoms with van der Waals surface area (Å²) in [6, 6.07) is 0. The summed E-state index contributed by atoms with van der Waals surface area (Å²) in [4.78, 5) is 11.5. The Balaban J connectivity index is 3.20. The van der Waals surface area contributed by atoms with E-state index in [1.165, 1.54) is 6.08 Å². The van der Waals surface area contributed by atoms with E-state index < -0.39 is 5.60 Å². The van der Waals surface area contributed by atoms with Crippen molar-refractivity contribution >= 4 is 5.78 Å². The van der Waals surface area contributed by atoms with Gasteiger partial charge in [-0.3, -0.25) is 4.79 Å². The second-order valence-electron chi connectivity index (χ2n) is 3.39. The van der Waals surface area contributed by atoms with Crippen LogP contribution in [0, 0.1) is 5.92 Å². The van der Waals surface area contributed by atoms with Gasteiger partial charge in [0.15, 0.2) is 11.4 Å². The Morgan fingerprint density at radius 3 is 2.25 bits per heavy atom. The fraction of sp³-hybridized carbons (Fsp3) is 0.500. The quantitative estimate of drug-likeness (QED) is 0.599. The third-order valence-corrected chi connectivity index (χ3v) is 2.92. The van der Waals surface area contributed by atoms with Crippen molar-refractivity contribution in [2.45, 2.75) is 26.4 Å². The van der Waals surface area contributed by atoms with Crippen LogP contribution in [0.4, 0.5) is 0 Å². The molecular formula is C10H14O2. The van der Waals surface area contributed by atoms with Gasteiger partial charge in [-0.15, -0.1) is 0 Å². The molecule has 0 saturated carbocycles. The zero-order chi connectivity index (χ0) is 9.52. The topological polar surface area (TPSA) is 37.3 Å². The van der Waals surface area contributed by atoms with Gasteiger partial charge in [0.2, 0.25) is 0 Å². The maximum Gasteiger partial charge on any atom is 0.194 e. The molecule has 2 atom stereocenters. The predicted octanol–water partition coefficient (Wildman–Crippen LogP) is 1.46. The Kier molecular flexibility index (Phi) is 1.96. The van der Waals surface area contributed by atoms with Crippen molar-refractivity contribution in [2.75, 3.05) is 0 Å². The Morgan fingerprint density at radius 2 is 2.08 bits per heavy atom. The summed E-state index contributed by atoms with van der Waals surface area (Å²) in [5, 5.41) is 9.87. The van der Waals surface area contributed by atoms with Crippen LogP contribution < -0.4 is 0 Å². The summed E-state index contributed by atoms with van der Waals surface area (Å²) in [7, 11) is 0. The lowest BCUT2D eigenvalue weighted by atomic mass is 9.88. The second kappa shape index (κ2) is 2.56. The third kappa shape index (κ3) is 0.879. The lowest BCUT2D eigenvalue weighted by Gasteiger charge is -2.22. The van der Waals surface area contributed by atoms with Crippen molar-refractivity contribution in [2.24, 2.45) is 5.92 Å². The zero-order valence-electron chi connectivity index (χ0n) is 7.72. The van der Waals surface area contributed by atoms with Crippen molar-refractivity contribution in [3.8, 4) is 0 Å². The van der Waals surface area contributed by atoms with Crippen LogP contribution in [-0.2, 0) is 4.79 Å². The Bertz CT molecular complexity index is 276. The molecule has 1 rings (SSSR count). The van der Waals surface area contributed by atoms with E-state index in [4.69, 9.17) is 0 Å². The zero-order valence-corrected chi connectivity index (χ0v) is 7.72. The van der Waals surface area contributed by atoms with Gasteiger partial charge < -0.3 is 5.11 Å². The normalized spacial score (nSPS) is 36.0. The van der Waals surface area contributed by atoms with Crippen LogP contribution in [0.5, 0.6) is 0 Å². The molecular weight excluding hydrogens is 152 g/mol. The van der Waals surface area contributed by atoms with Gasteiger partial charge in [-0.1, -0.05) is 25.2 Å². The van der Waals surface area contributed by atoms with Gasteiger partial charge in [0.05, 0.1) is 0 Å². The number of hydrogen-bond acceptors (Lipinski definition) is 2. The van der Waals surface area contributed by atoms with Crippen molar-refractivity contribution in [1.29, 1.82) is 0 Å². The van der Waals surface area contributed by atoms with Crippen molar-refractivity contribution < 1.29 is 9.90 Å². The number of hydrogen-bond donors (Lipinski definition) is 1. The lowest BCUT2D eigenvalue weighted by Crippen LogP contribution is -2.38. The van der Waals surface area contributed by atoms with Crippen LogP contribution in [-0.4, -0.2) is 16.5 Å². The largest absolute Gasteiger partial charge is 0.377 e. The molecule has 0 spiro atoms. The number of carbonyl (C=O) groups is 1. The molecule has 1 aliphatic rings. The smallest absolute Gasteiger partial charge is 0.194 e. The maximum atomic E-state index is 11.5.